The van der Waals surface area contributed by atoms with Gasteiger partial charge in [0.2, 0.25) is 0 Å². The van der Waals surface area contributed by atoms with Crippen molar-refractivity contribution >= 4 is 90.3 Å². The Morgan fingerprint density at radius 2 is 0.362 bits per heavy atom. The van der Waals surface area contributed by atoms with E-state index >= 15 is 0 Å². The van der Waals surface area contributed by atoms with E-state index < -0.39 is 28.7 Å². The summed E-state index contributed by atoms with van der Waals surface area (Å²) in [4.78, 5) is 0. The topological polar surface area (TPSA) is 0 Å². The molecule has 0 aliphatic heterocycles. The molecular formula is C42H48Ge3Si2. The van der Waals surface area contributed by atoms with Crippen molar-refractivity contribution in [2.75, 3.05) is 0 Å². The van der Waals surface area contributed by atoms with Gasteiger partial charge in [-0.3, -0.25) is 0 Å². The number of benzene rings is 6. The molecular weight excluding hydrogens is 778 g/mol. The second kappa shape index (κ2) is 23.7. The third-order valence-corrected chi connectivity index (χ3v) is 17.8. The van der Waals surface area contributed by atoms with Crippen LogP contribution in [0.5, 0.6) is 0 Å². The van der Waals surface area contributed by atoms with Crippen molar-refractivity contribution < 1.29 is 0 Å². The molecule has 6 aromatic carbocycles. The predicted molar refractivity (Wildman–Crippen MR) is 220 cm³/mol. The molecule has 6 rings (SSSR count). The van der Waals surface area contributed by atoms with Gasteiger partial charge in [0, 0.05) is 35.2 Å². The van der Waals surface area contributed by atoms with Gasteiger partial charge in [0.25, 0.3) is 0 Å². The second-order valence-electron chi connectivity index (χ2n) is 11.9. The Morgan fingerprint density at radius 1 is 0.255 bits per heavy atom. The van der Waals surface area contributed by atoms with E-state index in [1.807, 2.05) is 0 Å². The summed E-state index contributed by atoms with van der Waals surface area (Å²) in [6.45, 7) is 13.6. The Kier molecular flexibility index (Phi) is 20.4. The van der Waals surface area contributed by atoms with E-state index in [1.54, 1.807) is 0 Å². The van der Waals surface area contributed by atoms with Gasteiger partial charge in [-0.2, -0.15) is 0 Å². The van der Waals surface area contributed by atoms with Gasteiger partial charge in [-0.1, -0.05) is 39.3 Å². The van der Waals surface area contributed by atoms with Crippen molar-refractivity contribution in [1.29, 1.82) is 0 Å². The molecule has 0 aliphatic carbocycles. The fourth-order valence-electron chi connectivity index (χ4n) is 4.63. The Morgan fingerprint density at radius 3 is 0.468 bits per heavy atom. The van der Waals surface area contributed by atoms with Crippen LogP contribution < -0.4 is 26.4 Å². The van der Waals surface area contributed by atoms with Gasteiger partial charge in [-0.25, -0.2) is 0 Å². The van der Waals surface area contributed by atoms with Crippen molar-refractivity contribution in [3.8, 4) is 0 Å². The van der Waals surface area contributed by atoms with Gasteiger partial charge in [0.1, 0.15) is 0 Å². The van der Waals surface area contributed by atoms with Crippen LogP contribution in [-0.4, -0.2) is 63.9 Å². The maximum atomic E-state index is 2.27. The van der Waals surface area contributed by atoms with Crippen molar-refractivity contribution in [2.24, 2.45) is 0 Å². The van der Waals surface area contributed by atoms with E-state index in [-0.39, 0.29) is 35.2 Å². The Balaban J connectivity index is 0.000000262. The summed E-state index contributed by atoms with van der Waals surface area (Å²) in [7, 11) is 0.241. The number of hydrogen-bond acceptors (Lipinski definition) is 0. The van der Waals surface area contributed by atoms with Crippen molar-refractivity contribution in [2.45, 2.75) is 39.3 Å². The van der Waals surface area contributed by atoms with Crippen LogP contribution in [-0.2, 0) is 0 Å². The van der Waals surface area contributed by atoms with Gasteiger partial charge in [-0.05, 0) is 0 Å². The number of hydrogen-bond donors (Lipinski definition) is 0. The molecule has 0 unspecified atom stereocenters. The van der Waals surface area contributed by atoms with E-state index in [0.29, 0.717) is 0 Å². The SMILES string of the molecule is C[Si](C)C.C[Si](C)C.[Ge].c1cc[c]([Ge]([c]2ccccc2)[c]2ccccc2)cc1.c1cc[c]([Ge]([c]2ccccc2)[c]2ccccc2)cc1. The molecule has 0 aromatic heterocycles. The van der Waals surface area contributed by atoms with Crippen LogP contribution in [0.2, 0.25) is 39.3 Å². The number of rotatable bonds is 6. The van der Waals surface area contributed by atoms with Crippen molar-refractivity contribution in [1.82, 2.24) is 0 Å². The predicted octanol–water partition coefficient (Wildman–Crippen LogP) is 6.77. The monoisotopic (exact) mass is 830 g/mol. The zero-order valence-electron chi connectivity index (χ0n) is 28.8. The summed E-state index contributed by atoms with van der Waals surface area (Å²) in [6.07, 6.45) is 0. The molecule has 0 saturated carbocycles. The Labute approximate surface area is 309 Å². The van der Waals surface area contributed by atoms with E-state index in [9.17, 15) is 0 Å². The molecule has 6 aromatic rings. The zero-order valence-corrected chi connectivity index (χ0v) is 37.1. The molecule has 0 atom stereocenters. The van der Waals surface area contributed by atoms with Gasteiger partial charge >= 0.3 is 237 Å². The average molecular weight is 827 g/mol. The van der Waals surface area contributed by atoms with Crippen LogP contribution in [0, 0.1) is 0 Å². The van der Waals surface area contributed by atoms with Crippen LogP contribution in [0.4, 0.5) is 0 Å². The summed E-state index contributed by atoms with van der Waals surface area (Å²) in [5, 5.41) is 0. The van der Waals surface area contributed by atoms with Crippen LogP contribution in [0.15, 0.2) is 182 Å². The minimum atomic E-state index is -1.63. The van der Waals surface area contributed by atoms with E-state index in [1.165, 1.54) is 26.4 Å². The van der Waals surface area contributed by atoms with E-state index in [0.717, 1.165) is 0 Å². The quantitative estimate of drug-likeness (QED) is 0.163. The molecule has 47 heavy (non-hydrogen) atoms. The van der Waals surface area contributed by atoms with Gasteiger partial charge < -0.3 is 0 Å². The first-order valence-electron chi connectivity index (χ1n) is 16.0. The standard InChI is InChI=1S/2C18H15Ge.2C3H9Si.Ge/c2*1-4-10-16(11-5-1)19(17-12-6-2-7-13-17)18-14-8-3-9-15-18;2*1-4(2)3;/h2*1-15H;2*1-3H3;. The first-order chi connectivity index (χ1) is 22.4. The molecule has 8 radical (unpaired) electrons. The van der Waals surface area contributed by atoms with Crippen LogP contribution in [0.3, 0.4) is 0 Å². The van der Waals surface area contributed by atoms with E-state index in [2.05, 4.69) is 221 Å². The summed E-state index contributed by atoms with van der Waals surface area (Å²) in [6, 6.07) is 65.6. The maximum absolute atomic E-state index is 2.27. The fraction of sp³-hybridized carbons (Fsp3) is 0.143. The summed E-state index contributed by atoms with van der Waals surface area (Å²) < 4.78 is 9.00. The molecule has 0 aliphatic rings. The molecule has 0 fully saturated rings. The van der Waals surface area contributed by atoms with Crippen LogP contribution in [0.1, 0.15) is 0 Å². The van der Waals surface area contributed by atoms with E-state index in [4.69, 9.17) is 0 Å². The van der Waals surface area contributed by atoms with Crippen molar-refractivity contribution in [3.63, 3.8) is 0 Å². The molecule has 0 spiro atoms. The minimum absolute atomic E-state index is 0. The van der Waals surface area contributed by atoms with Crippen LogP contribution in [0.25, 0.3) is 0 Å². The summed E-state index contributed by atoms with van der Waals surface area (Å²) in [5.74, 6) is 0. The normalized spacial score (nSPS) is 10.1. The first-order valence-corrected chi connectivity index (χ1v) is 28.3. The summed E-state index contributed by atoms with van der Waals surface area (Å²) in [5.41, 5.74) is 0. The molecule has 0 bridgehead atoms. The first kappa shape index (κ1) is 40.6. The van der Waals surface area contributed by atoms with Crippen molar-refractivity contribution in [3.05, 3.63) is 182 Å². The molecule has 236 valence electrons. The fourth-order valence-corrected chi connectivity index (χ4v) is 15.4. The molecule has 0 nitrogen and oxygen atoms in total. The van der Waals surface area contributed by atoms with Gasteiger partial charge in [-0.15, -0.1) is 0 Å². The second-order valence-corrected chi connectivity index (χ2v) is 28.4. The molecule has 0 saturated heterocycles. The van der Waals surface area contributed by atoms with Gasteiger partial charge in [0.05, 0.1) is 0 Å². The van der Waals surface area contributed by atoms with Gasteiger partial charge in [0.15, 0.2) is 0 Å². The molecule has 0 heterocycles. The third kappa shape index (κ3) is 15.4. The molecule has 0 N–H and O–H groups in total. The molecule has 0 amide bonds. The third-order valence-electron chi connectivity index (χ3n) is 6.37. The van der Waals surface area contributed by atoms with Crippen LogP contribution >= 0.6 is 0 Å². The Hall–Kier alpha value is -2.62. The zero-order chi connectivity index (χ0) is 33.0. The molecule has 5 heteroatoms. The summed E-state index contributed by atoms with van der Waals surface area (Å²) >= 11 is -3.26. The Bertz CT molecular complexity index is 1270. The average Bonchev–Trinajstić information content (AvgIpc) is 3.08.